The molecule has 0 saturated carbocycles. The third-order valence-corrected chi connectivity index (χ3v) is 4.39. The zero-order valence-corrected chi connectivity index (χ0v) is 11.6. The highest BCUT2D eigenvalue weighted by molar-refractivity contribution is 7.17. The van der Waals surface area contributed by atoms with E-state index in [9.17, 15) is 0 Å². The van der Waals surface area contributed by atoms with Gasteiger partial charge in [0.1, 0.15) is 0 Å². The Hall–Kier alpha value is -1.84. The number of rotatable bonds is 3. The number of thiophene rings is 1. The van der Waals surface area contributed by atoms with Gasteiger partial charge in [0.25, 0.3) is 0 Å². The Morgan fingerprint density at radius 1 is 1.05 bits per heavy atom. The molecule has 0 aliphatic rings. The molecule has 0 radical (unpaired) electrons. The summed E-state index contributed by atoms with van der Waals surface area (Å²) < 4.78 is 1.29. The molecule has 0 amide bonds. The molecule has 19 heavy (non-hydrogen) atoms. The molecule has 1 aromatic heterocycles. The van der Waals surface area contributed by atoms with E-state index in [2.05, 4.69) is 59.2 Å². The van der Waals surface area contributed by atoms with E-state index in [-0.39, 0.29) is 6.04 Å². The summed E-state index contributed by atoms with van der Waals surface area (Å²) >= 11 is 1.75. The third-order valence-electron chi connectivity index (χ3n) is 3.40. The fraction of sp³-hybridized carbons (Fsp3) is 0.125. The molecule has 1 heterocycles. The van der Waals surface area contributed by atoms with Crippen LogP contribution in [0.25, 0.3) is 10.1 Å². The van der Waals surface area contributed by atoms with Gasteiger partial charge in [-0.3, -0.25) is 0 Å². The van der Waals surface area contributed by atoms with Gasteiger partial charge in [0.2, 0.25) is 0 Å². The van der Waals surface area contributed by atoms with Crippen molar-refractivity contribution < 1.29 is 0 Å². The van der Waals surface area contributed by atoms with Crippen LogP contribution < -0.4 is 11.1 Å². The average molecular weight is 268 g/mol. The van der Waals surface area contributed by atoms with Crippen molar-refractivity contribution in [2.75, 3.05) is 12.4 Å². The highest BCUT2D eigenvalue weighted by Gasteiger charge is 2.13. The van der Waals surface area contributed by atoms with Crippen molar-refractivity contribution in [3.63, 3.8) is 0 Å². The Bertz CT molecular complexity index is 685. The lowest BCUT2D eigenvalue weighted by Gasteiger charge is -2.12. The van der Waals surface area contributed by atoms with Gasteiger partial charge in [0.15, 0.2) is 0 Å². The molecule has 1 atom stereocenters. The van der Waals surface area contributed by atoms with Gasteiger partial charge >= 0.3 is 0 Å². The van der Waals surface area contributed by atoms with Gasteiger partial charge in [0.05, 0.1) is 6.04 Å². The number of hydrogen-bond acceptors (Lipinski definition) is 3. The fourth-order valence-corrected chi connectivity index (χ4v) is 3.27. The minimum absolute atomic E-state index is 0.0675. The van der Waals surface area contributed by atoms with Crippen molar-refractivity contribution in [1.82, 2.24) is 0 Å². The first-order valence-corrected chi connectivity index (χ1v) is 7.17. The molecular weight excluding hydrogens is 252 g/mol. The van der Waals surface area contributed by atoms with Gasteiger partial charge < -0.3 is 11.1 Å². The van der Waals surface area contributed by atoms with Crippen molar-refractivity contribution in [1.29, 1.82) is 0 Å². The van der Waals surface area contributed by atoms with Crippen LogP contribution in [-0.2, 0) is 0 Å². The Morgan fingerprint density at radius 2 is 1.79 bits per heavy atom. The molecule has 3 aromatic rings. The first kappa shape index (κ1) is 12.2. The largest absolute Gasteiger partial charge is 0.388 e. The number of fused-ring (bicyclic) bond motifs is 1. The van der Waals surface area contributed by atoms with Crippen molar-refractivity contribution in [3.05, 3.63) is 65.0 Å². The molecular formula is C16H16N2S. The fourth-order valence-electron chi connectivity index (χ4n) is 2.28. The van der Waals surface area contributed by atoms with E-state index in [4.69, 9.17) is 5.73 Å². The van der Waals surface area contributed by atoms with Gasteiger partial charge in [-0.15, -0.1) is 11.3 Å². The van der Waals surface area contributed by atoms with E-state index in [1.807, 2.05) is 7.05 Å². The summed E-state index contributed by atoms with van der Waals surface area (Å²) in [5.74, 6) is 0. The maximum Gasteiger partial charge on any atom is 0.0566 e. The maximum absolute atomic E-state index is 6.40. The number of benzene rings is 2. The van der Waals surface area contributed by atoms with E-state index in [0.717, 1.165) is 11.3 Å². The second-order valence-corrected chi connectivity index (χ2v) is 5.45. The van der Waals surface area contributed by atoms with Crippen molar-refractivity contribution in [2.45, 2.75) is 6.04 Å². The van der Waals surface area contributed by atoms with Gasteiger partial charge in [-0.05, 0) is 40.1 Å². The smallest absolute Gasteiger partial charge is 0.0566 e. The summed E-state index contributed by atoms with van der Waals surface area (Å²) in [6.07, 6.45) is 0. The van der Waals surface area contributed by atoms with Crippen LogP contribution in [0.5, 0.6) is 0 Å². The van der Waals surface area contributed by atoms with Gasteiger partial charge in [-0.2, -0.15) is 0 Å². The van der Waals surface area contributed by atoms with Crippen LogP contribution in [-0.4, -0.2) is 7.05 Å². The highest BCUT2D eigenvalue weighted by Crippen LogP contribution is 2.32. The lowest BCUT2D eigenvalue weighted by molar-refractivity contribution is 0.885. The molecule has 0 spiro atoms. The van der Waals surface area contributed by atoms with Gasteiger partial charge in [-0.1, -0.05) is 30.3 Å². The Balaban J connectivity index is 2.00. The summed E-state index contributed by atoms with van der Waals surface area (Å²) in [4.78, 5) is 0. The lowest BCUT2D eigenvalue weighted by atomic mass is 9.99. The van der Waals surface area contributed by atoms with Crippen molar-refractivity contribution in [3.8, 4) is 0 Å². The van der Waals surface area contributed by atoms with E-state index >= 15 is 0 Å². The van der Waals surface area contributed by atoms with Crippen LogP contribution in [0.1, 0.15) is 17.2 Å². The van der Waals surface area contributed by atoms with Gasteiger partial charge in [-0.25, -0.2) is 0 Å². The molecule has 0 aliphatic carbocycles. The zero-order valence-electron chi connectivity index (χ0n) is 10.8. The normalized spacial score (nSPS) is 12.5. The van der Waals surface area contributed by atoms with Crippen LogP contribution in [0.15, 0.2) is 53.9 Å². The molecule has 0 aliphatic heterocycles. The molecule has 2 aromatic carbocycles. The minimum atomic E-state index is -0.0675. The molecule has 3 N–H and O–H groups in total. The summed E-state index contributed by atoms with van der Waals surface area (Å²) in [5.41, 5.74) is 9.86. The molecule has 96 valence electrons. The second kappa shape index (κ2) is 5.03. The lowest BCUT2D eigenvalue weighted by Crippen LogP contribution is -2.11. The number of hydrogen-bond donors (Lipinski definition) is 2. The molecule has 0 saturated heterocycles. The van der Waals surface area contributed by atoms with Crippen LogP contribution in [0.2, 0.25) is 0 Å². The molecule has 0 fully saturated rings. The predicted octanol–water partition coefficient (Wildman–Crippen LogP) is 3.99. The quantitative estimate of drug-likeness (QED) is 0.753. The van der Waals surface area contributed by atoms with Crippen LogP contribution in [0.3, 0.4) is 0 Å². The van der Waals surface area contributed by atoms with E-state index < -0.39 is 0 Å². The van der Waals surface area contributed by atoms with Crippen LogP contribution >= 0.6 is 11.3 Å². The van der Waals surface area contributed by atoms with E-state index in [1.165, 1.54) is 15.6 Å². The second-order valence-electron chi connectivity index (χ2n) is 4.54. The summed E-state index contributed by atoms with van der Waals surface area (Å²) in [6.45, 7) is 0. The maximum atomic E-state index is 6.40. The van der Waals surface area contributed by atoms with Crippen LogP contribution in [0.4, 0.5) is 5.69 Å². The highest BCUT2D eigenvalue weighted by atomic mass is 32.1. The Labute approximate surface area is 116 Å². The van der Waals surface area contributed by atoms with Crippen molar-refractivity contribution >= 4 is 27.1 Å². The zero-order chi connectivity index (χ0) is 13.2. The minimum Gasteiger partial charge on any atom is -0.388 e. The number of nitrogens with two attached hydrogens (primary N) is 1. The summed E-state index contributed by atoms with van der Waals surface area (Å²) in [6, 6.07) is 16.6. The van der Waals surface area contributed by atoms with E-state index in [1.54, 1.807) is 11.3 Å². The standard InChI is InChI=1S/C16H16N2S/c1-18-12-8-6-11(7-9-12)16(17)14-10-19-15-5-3-2-4-13(14)15/h2-10,16,18H,17H2,1H3. The first-order valence-electron chi connectivity index (χ1n) is 6.29. The first-order chi connectivity index (χ1) is 9.29. The molecule has 3 rings (SSSR count). The molecule has 0 bridgehead atoms. The molecule has 3 heteroatoms. The number of nitrogens with one attached hydrogen (secondary N) is 1. The monoisotopic (exact) mass is 268 g/mol. The Kier molecular flexibility index (Phi) is 3.23. The summed E-state index contributed by atoms with van der Waals surface area (Å²) in [7, 11) is 1.92. The van der Waals surface area contributed by atoms with Gasteiger partial charge in [0, 0.05) is 17.4 Å². The predicted molar refractivity (Wildman–Crippen MR) is 83.8 cm³/mol. The van der Waals surface area contributed by atoms with Crippen molar-refractivity contribution in [2.24, 2.45) is 5.73 Å². The number of anilines is 1. The van der Waals surface area contributed by atoms with Crippen LogP contribution in [0, 0.1) is 0 Å². The SMILES string of the molecule is CNc1ccc(C(N)c2csc3ccccc23)cc1. The van der Waals surface area contributed by atoms with E-state index in [0.29, 0.717) is 0 Å². The molecule has 1 unspecified atom stereocenters. The topological polar surface area (TPSA) is 38.0 Å². The summed E-state index contributed by atoms with van der Waals surface area (Å²) in [5, 5.41) is 6.55. The third kappa shape index (κ3) is 2.23. The molecule has 2 nitrogen and oxygen atoms in total. The Morgan fingerprint density at radius 3 is 2.53 bits per heavy atom. The average Bonchev–Trinajstić information content (AvgIpc) is 2.90.